The van der Waals surface area contributed by atoms with Gasteiger partial charge in [-0.2, -0.15) is 0 Å². The van der Waals surface area contributed by atoms with Gasteiger partial charge in [-0.25, -0.2) is 0 Å². The molecule has 2 aliphatic heterocycles. The first kappa shape index (κ1) is 13.1. The van der Waals surface area contributed by atoms with E-state index >= 15 is 0 Å². The van der Waals surface area contributed by atoms with Crippen LogP contribution in [-0.4, -0.2) is 26.3 Å². The van der Waals surface area contributed by atoms with Crippen LogP contribution in [0.25, 0.3) is 0 Å². The number of hydrogen-bond acceptors (Lipinski definition) is 3. The molecule has 0 radical (unpaired) electrons. The monoisotopic (exact) mass is 281 g/mol. The number of fused-ring (bicyclic) bond motifs is 1. The van der Waals surface area contributed by atoms with Crippen LogP contribution in [0.5, 0.6) is 11.5 Å². The highest BCUT2D eigenvalue weighted by Gasteiger charge is 2.25. The third-order valence-electron chi connectivity index (χ3n) is 4.04. The minimum Gasteiger partial charge on any atom is -0.489 e. The maximum Gasteiger partial charge on any atom is 0.179 e. The van der Waals surface area contributed by atoms with E-state index in [0.717, 1.165) is 31.7 Å². The summed E-state index contributed by atoms with van der Waals surface area (Å²) in [7, 11) is 0. The zero-order chi connectivity index (χ0) is 13.2. The fourth-order valence-electron chi connectivity index (χ4n) is 2.97. The Labute approximate surface area is 119 Å². The Kier molecular flexibility index (Phi) is 3.85. The van der Waals surface area contributed by atoms with Crippen LogP contribution in [0, 0.1) is 5.92 Å². The number of rotatable bonds is 1. The van der Waals surface area contributed by atoms with Gasteiger partial charge in [0.2, 0.25) is 0 Å². The molecular weight excluding hydrogens is 262 g/mol. The lowest BCUT2D eigenvalue weighted by atomic mass is 9.82. The van der Waals surface area contributed by atoms with E-state index in [-0.39, 0.29) is 0 Å². The van der Waals surface area contributed by atoms with Crippen molar-refractivity contribution in [1.29, 1.82) is 0 Å². The second kappa shape index (κ2) is 5.59. The quantitative estimate of drug-likeness (QED) is 0.857. The average Bonchev–Trinajstić information content (AvgIpc) is 2.65. The summed E-state index contributed by atoms with van der Waals surface area (Å²) in [6, 6.07) is 4.18. The first-order valence-corrected chi connectivity index (χ1v) is 7.43. The Hall–Kier alpha value is -0.930. The molecule has 2 heterocycles. The van der Waals surface area contributed by atoms with Gasteiger partial charge in [0.05, 0.1) is 18.2 Å². The van der Waals surface area contributed by atoms with E-state index in [1.807, 2.05) is 0 Å². The summed E-state index contributed by atoms with van der Waals surface area (Å²) in [6.45, 7) is 5.80. The van der Waals surface area contributed by atoms with Gasteiger partial charge in [0.1, 0.15) is 0 Å². The molecule has 2 aliphatic rings. The topological polar surface area (TPSA) is 30.5 Å². The van der Waals surface area contributed by atoms with Gasteiger partial charge in [0.15, 0.2) is 11.5 Å². The van der Waals surface area contributed by atoms with Gasteiger partial charge in [0.25, 0.3) is 0 Å². The van der Waals surface area contributed by atoms with Crippen LogP contribution in [0.1, 0.15) is 31.2 Å². The van der Waals surface area contributed by atoms with Crippen LogP contribution in [-0.2, 0) is 0 Å². The summed E-state index contributed by atoms with van der Waals surface area (Å²) in [5, 5.41) is 4.11. The molecule has 0 aromatic heterocycles. The minimum atomic E-state index is 0.552. The van der Waals surface area contributed by atoms with E-state index in [1.165, 1.54) is 5.56 Å². The van der Waals surface area contributed by atoms with Gasteiger partial charge >= 0.3 is 0 Å². The zero-order valence-electron chi connectivity index (χ0n) is 11.2. The maximum atomic E-state index is 6.37. The molecule has 0 saturated carbocycles. The van der Waals surface area contributed by atoms with E-state index in [4.69, 9.17) is 21.1 Å². The Bertz CT molecular complexity index is 464. The van der Waals surface area contributed by atoms with Gasteiger partial charge in [-0.05, 0) is 49.0 Å². The number of hydrogen-bond donors (Lipinski definition) is 1. The third-order valence-corrected chi connectivity index (χ3v) is 4.32. The summed E-state index contributed by atoms with van der Waals surface area (Å²) in [4.78, 5) is 0. The van der Waals surface area contributed by atoms with E-state index in [2.05, 4.69) is 24.4 Å². The number of benzene rings is 1. The Balaban J connectivity index is 1.94. The molecule has 2 unspecified atom stereocenters. The van der Waals surface area contributed by atoms with Crippen molar-refractivity contribution < 1.29 is 9.47 Å². The fourth-order valence-corrected chi connectivity index (χ4v) is 3.25. The Morgan fingerprint density at radius 3 is 2.95 bits per heavy atom. The molecular formula is C15H20ClNO2. The Morgan fingerprint density at radius 2 is 2.11 bits per heavy atom. The lowest BCUT2D eigenvalue weighted by Crippen LogP contribution is -2.33. The smallest absolute Gasteiger partial charge is 0.179 e. The third kappa shape index (κ3) is 2.67. The molecule has 104 valence electrons. The number of ether oxygens (including phenoxy) is 2. The molecule has 3 rings (SSSR count). The molecule has 2 atom stereocenters. The van der Waals surface area contributed by atoms with Gasteiger partial charge in [0, 0.05) is 6.42 Å². The number of halogens is 1. The molecule has 1 aromatic carbocycles. The highest BCUT2D eigenvalue weighted by atomic mass is 35.5. The predicted octanol–water partition coefficient (Wildman–Crippen LogP) is 3.21. The number of piperidine rings is 1. The molecule has 0 amide bonds. The van der Waals surface area contributed by atoms with Gasteiger partial charge in [-0.1, -0.05) is 18.5 Å². The van der Waals surface area contributed by atoms with Crippen molar-refractivity contribution >= 4 is 11.6 Å². The van der Waals surface area contributed by atoms with Gasteiger partial charge < -0.3 is 14.8 Å². The molecule has 1 N–H and O–H groups in total. The molecule has 0 bridgehead atoms. The summed E-state index contributed by atoms with van der Waals surface area (Å²) in [5.74, 6) is 2.70. The minimum absolute atomic E-state index is 0.552. The summed E-state index contributed by atoms with van der Waals surface area (Å²) >= 11 is 6.37. The molecule has 0 spiro atoms. The lowest BCUT2D eigenvalue weighted by molar-refractivity contribution is 0.296. The largest absolute Gasteiger partial charge is 0.489 e. The van der Waals surface area contributed by atoms with E-state index < -0.39 is 0 Å². The highest BCUT2D eigenvalue weighted by Crippen LogP contribution is 2.42. The first-order valence-electron chi connectivity index (χ1n) is 7.05. The Morgan fingerprint density at radius 1 is 1.26 bits per heavy atom. The summed E-state index contributed by atoms with van der Waals surface area (Å²) < 4.78 is 11.5. The van der Waals surface area contributed by atoms with Crippen molar-refractivity contribution in [3.05, 3.63) is 22.7 Å². The lowest BCUT2D eigenvalue weighted by Gasteiger charge is -2.30. The first-order chi connectivity index (χ1) is 9.25. The van der Waals surface area contributed by atoms with Crippen LogP contribution in [0.4, 0.5) is 0 Å². The van der Waals surface area contributed by atoms with Crippen LogP contribution in [0.3, 0.4) is 0 Å². The van der Waals surface area contributed by atoms with Crippen molar-refractivity contribution in [2.45, 2.75) is 25.7 Å². The van der Waals surface area contributed by atoms with Gasteiger partial charge in [-0.15, -0.1) is 0 Å². The van der Waals surface area contributed by atoms with Gasteiger partial charge in [-0.3, -0.25) is 0 Å². The molecule has 1 fully saturated rings. The van der Waals surface area contributed by atoms with Crippen molar-refractivity contribution in [2.75, 3.05) is 26.3 Å². The second-order valence-corrected chi connectivity index (χ2v) is 5.86. The van der Waals surface area contributed by atoms with E-state index in [1.54, 1.807) is 0 Å². The van der Waals surface area contributed by atoms with Crippen molar-refractivity contribution in [1.82, 2.24) is 5.32 Å². The highest BCUT2D eigenvalue weighted by molar-refractivity contribution is 6.32. The summed E-state index contributed by atoms with van der Waals surface area (Å²) in [5.41, 5.74) is 1.28. The van der Waals surface area contributed by atoms with Crippen LogP contribution in [0.2, 0.25) is 5.02 Å². The van der Waals surface area contributed by atoms with Crippen molar-refractivity contribution in [3.63, 3.8) is 0 Å². The molecule has 4 heteroatoms. The SMILES string of the molecule is CC1CNCCC1c1cc(Cl)c2c(c1)OCCCO2. The molecule has 3 nitrogen and oxygen atoms in total. The van der Waals surface area contributed by atoms with E-state index in [9.17, 15) is 0 Å². The van der Waals surface area contributed by atoms with Crippen LogP contribution >= 0.6 is 11.6 Å². The van der Waals surface area contributed by atoms with Crippen LogP contribution < -0.4 is 14.8 Å². The van der Waals surface area contributed by atoms with E-state index in [0.29, 0.717) is 35.8 Å². The molecule has 1 aromatic rings. The average molecular weight is 282 g/mol. The molecule has 0 aliphatic carbocycles. The fraction of sp³-hybridized carbons (Fsp3) is 0.600. The summed E-state index contributed by atoms with van der Waals surface area (Å²) in [6.07, 6.45) is 2.06. The standard InChI is InChI=1S/C15H20ClNO2/c1-10-9-17-4-3-12(10)11-7-13(16)15-14(8-11)18-5-2-6-19-15/h7-8,10,12,17H,2-6,9H2,1H3. The second-order valence-electron chi connectivity index (χ2n) is 5.46. The molecule has 1 saturated heterocycles. The van der Waals surface area contributed by atoms with Crippen molar-refractivity contribution in [3.8, 4) is 11.5 Å². The number of nitrogens with one attached hydrogen (secondary N) is 1. The zero-order valence-corrected chi connectivity index (χ0v) is 12.0. The normalized spacial score (nSPS) is 26.8. The van der Waals surface area contributed by atoms with Crippen molar-refractivity contribution in [2.24, 2.45) is 5.92 Å². The van der Waals surface area contributed by atoms with Crippen LogP contribution in [0.15, 0.2) is 12.1 Å². The predicted molar refractivity (Wildman–Crippen MR) is 76.5 cm³/mol. The maximum absolute atomic E-state index is 6.37. The molecule has 19 heavy (non-hydrogen) atoms.